The Kier molecular flexibility index (Phi) is 9.07. The number of hydrogen-bond acceptors (Lipinski definition) is 0. The van der Waals surface area contributed by atoms with Crippen LogP contribution >= 0.6 is 0 Å². The zero-order valence-corrected chi connectivity index (χ0v) is 29.9. The van der Waals surface area contributed by atoms with Gasteiger partial charge in [-0.25, -0.2) is 0 Å². The minimum absolute atomic E-state index is 1.17. The molecule has 0 aliphatic carbocycles. The summed E-state index contributed by atoms with van der Waals surface area (Å²) in [7, 11) is 0. The van der Waals surface area contributed by atoms with Crippen LogP contribution in [-0.4, -0.2) is 0 Å². The van der Waals surface area contributed by atoms with Crippen LogP contribution in [0.3, 0.4) is 0 Å². The molecule has 0 aliphatic rings. The molecule has 0 heteroatoms. The smallest absolute Gasteiger partial charge is 0.00134 e. The lowest BCUT2D eigenvalue weighted by Crippen LogP contribution is -2.02. The molecule has 9 aromatic carbocycles. The Labute approximate surface area is 318 Å². The highest BCUT2D eigenvalue weighted by Crippen LogP contribution is 2.56. The van der Waals surface area contributed by atoms with E-state index in [1.54, 1.807) is 0 Å². The summed E-state index contributed by atoms with van der Waals surface area (Å²) in [6.45, 7) is 0. The van der Waals surface area contributed by atoms with Crippen LogP contribution in [0.4, 0.5) is 0 Å². The third-order valence-corrected chi connectivity index (χ3v) is 10.2. The molecule has 0 saturated heterocycles. The van der Waals surface area contributed by atoms with Gasteiger partial charge >= 0.3 is 0 Å². The van der Waals surface area contributed by atoms with Crippen LogP contribution in [0, 0.1) is 0 Å². The van der Waals surface area contributed by atoms with Crippen LogP contribution in [-0.2, 0) is 0 Å². The molecule has 254 valence electrons. The minimum Gasteiger partial charge on any atom is -0.0622 e. The predicted octanol–water partition coefficient (Wildman–Crippen LogP) is 15.0. The van der Waals surface area contributed by atoms with E-state index in [-0.39, 0.29) is 0 Å². The molecule has 0 atom stereocenters. The van der Waals surface area contributed by atoms with E-state index in [1.165, 1.54) is 89.0 Å². The quantitative estimate of drug-likeness (QED) is 0.149. The van der Waals surface area contributed by atoms with E-state index in [0.717, 1.165) is 0 Å². The van der Waals surface area contributed by atoms with Gasteiger partial charge in [0.2, 0.25) is 0 Å². The van der Waals surface area contributed by atoms with Gasteiger partial charge in [0.1, 0.15) is 0 Å². The molecular formula is C54H38. The van der Waals surface area contributed by atoms with Crippen LogP contribution in [0.5, 0.6) is 0 Å². The van der Waals surface area contributed by atoms with E-state index in [4.69, 9.17) is 0 Å². The minimum atomic E-state index is 1.17. The van der Waals surface area contributed by atoms with Gasteiger partial charge < -0.3 is 0 Å². The molecule has 54 heavy (non-hydrogen) atoms. The van der Waals surface area contributed by atoms with Crippen molar-refractivity contribution in [1.82, 2.24) is 0 Å². The molecular weight excluding hydrogens is 649 g/mol. The fraction of sp³-hybridized carbons (Fsp3) is 0. The standard InChI is InChI=1S/C54H38/c1-8-22-39(23-9-1)46-36-47(40-24-10-2-11-25-40)38-48(37-46)54-52(44-32-18-6-19-33-44)50(42-28-14-4-15-29-42)49(41-26-12-3-13-27-41)51(43-30-16-5-17-31-43)53(54)45-34-20-7-21-35-45/h1-38H. The summed E-state index contributed by atoms with van der Waals surface area (Å²) in [4.78, 5) is 0. The third-order valence-electron chi connectivity index (χ3n) is 10.2. The summed E-state index contributed by atoms with van der Waals surface area (Å²) in [5.41, 5.74) is 19.1. The van der Waals surface area contributed by atoms with Gasteiger partial charge in [-0.2, -0.15) is 0 Å². The van der Waals surface area contributed by atoms with Crippen LogP contribution in [0.2, 0.25) is 0 Å². The van der Waals surface area contributed by atoms with Gasteiger partial charge in [-0.3, -0.25) is 0 Å². The lowest BCUT2D eigenvalue weighted by Gasteiger charge is -2.29. The van der Waals surface area contributed by atoms with Crippen molar-refractivity contribution in [1.29, 1.82) is 0 Å². The van der Waals surface area contributed by atoms with E-state index in [2.05, 4.69) is 231 Å². The van der Waals surface area contributed by atoms with Crippen molar-refractivity contribution in [3.63, 3.8) is 0 Å². The first-order valence-electron chi connectivity index (χ1n) is 18.6. The van der Waals surface area contributed by atoms with Gasteiger partial charge in [-0.15, -0.1) is 0 Å². The number of benzene rings is 9. The van der Waals surface area contributed by atoms with Crippen molar-refractivity contribution >= 4 is 0 Å². The number of rotatable bonds is 8. The van der Waals surface area contributed by atoms with Gasteiger partial charge in [0.15, 0.2) is 0 Å². The van der Waals surface area contributed by atoms with Gasteiger partial charge in [-0.05, 0) is 107 Å². The Balaban J connectivity index is 1.56. The first-order valence-corrected chi connectivity index (χ1v) is 18.6. The van der Waals surface area contributed by atoms with Crippen LogP contribution < -0.4 is 0 Å². The lowest BCUT2D eigenvalue weighted by atomic mass is 9.73. The molecule has 9 rings (SSSR count). The van der Waals surface area contributed by atoms with E-state index in [9.17, 15) is 0 Å². The molecule has 0 fully saturated rings. The Morgan fingerprint density at radius 1 is 0.130 bits per heavy atom. The summed E-state index contributed by atoms with van der Waals surface area (Å²) >= 11 is 0. The molecule has 0 nitrogen and oxygen atoms in total. The van der Waals surface area contributed by atoms with E-state index in [1.807, 2.05) is 0 Å². The second kappa shape index (κ2) is 14.9. The van der Waals surface area contributed by atoms with E-state index >= 15 is 0 Å². The fourth-order valence-electron chi connectivity index (χ4n) is 7.87. The first-order chi connectivity index (χ1) is 26.8. The zero-order valence-electron chi connectivity index (χ0n) is 29.9. The first kappa shape index (κ1) is 32.9. The lowest BCUT2D eigenvalue weighted by molar-refractivity contribution is 1.51. The van der Waals surface area contributed by atoms with Crippen LogP contribution in [0.15, 0.2) is 231 Å². The summed E-state index contributed by atoms with van der Waals surface area (Å²) in [5, 5.41) is 0. The maximum atomic E-state index is 2.40. The summed E-state index contributed by atoms with van der Waals surface area (Å²) in [5.74, 6) is 0. The Bertz CT molecular complexity index is 2470. The van der Waals surface area contributed by atoms with E-state index < -0.39 is 0 Å². The molecule has 0 saturated carbocycles. The monoisotopic (exact) mass is 686 g/mol. The molecule has 0 N–H and O–H groups in total. The second-order valence-electron chi connectivity index (χ2n) is 13.6. The molecule has 9 aromatic rings. The Hall–Kier alpha value is -7.02. The van der Waals surface area contributed by atoms with E-state index in [0.29, 0.717) is 0 Å². The SMILES string of the molecule is c1ccc(-c2cc(-c3ccccc3)cc(-c3c(-c4ccccc4)c(-c4ccccc4)c(-c4ccccc4)c(-c4ccccc4)c3-c3ccccc3)c2)cc1. The van der Waals surface area contributed by atoms with Crippen molar-refractivity contribution in [2.45, 2.75) is 0 Å². The highest BCUT2D eigenvalue weighted by molar-refractivity contribution is 6.15. The predicted molar refractivity (Wildman–Crippen MR) is 230 cm³/mol. The summed E-state index contributed by atoms with van der Waals surface area (Å²) in [6.07, 6.45) is 0. The fourth-order valence-corrected chi connectivity index (χ4v) is 7.87. The average Bonchev–Trinajstić information content (AvgIpc) is 3.27. The molecule has 0 amide bonds. The molecule has 0 aliphatic heterocycles. The highest BCUT2D eigenvalue weighted by Gasteiger charge is 2.29. The van der Waals surface area contributed by atoms with Crippen LogP contribution in [0.25, 0.3) is 89.0 Å². The van der Waals surface area contributed by atoms with Crippen molar-refractivity contribution in [2.24, 2.45) is 0 Å². The maximum Gasteiger partial charge on any atom is -0.00134 e. The maximum absolute atomic E-state index is 2.40. The third kappa shape index (κ3) is 6.36. The second-order valence-corrected chi connectivity index (χ2v) is 13.6. The Morgan fingerprint density at radius 2 is 0.296 bits per heavy atom. The normalized spacial score (nSPS) is 11.0. The van der Waals surface area contributed by atoms with Crippen LogP contribution in [0.1, 0.15) is 0 Å². The van der Waals surface area contributed by atoms with Crippen molar-refractivity contribution in [3.05, 3.63) is 231 Å². The molecule has 0 unspecified atom stereocenters. The Morgan fingerprint density at radius 3 is 0.519 bits per heavy atom. The summed E-state index contributed by atoms with van der Waals surface area (Å²) < 4.78 is 0. The molecule has 0 aromatic heterocycles. The molecule has 0 radical (unpaired) electrons. The molecule has 0 spiro atoms. The van der Waals surface area contributed by atoms with Gasteiger partial charge in [-0.1, -0.05) is 212 Å². The molecule has 0 heterocycles. The van der Waals surface area contributed by atoms with Gasteiger partial charge in [0.25, 0.3) is 0 Å². The van der Waals surface area contributed by atoms with Crippen molar-refractivity contribution < 1.29 is 0 Å². The van der Waals surface area contributed by atoms with Crippen molar-refractivity contribution in [3.8, 4) is 89.0 Å². The average molecular weight is 687 g/mol. The zero-order chi connectivity index (χ0) is 36.1. The molecule has 0 bridgehead atoms. The largest absolute Gasteiger partial charge is 0.0622 e. The topological polar surface area (TPSA) is 0 Å². The van der Waals surface area contributed by atoms with Gasteiger partial charge in [0.05, 0.1) is 0 Å². The van der Waals surface area contributed by atoms with Gasteiger partial charge in [0, 0.05) is 0 Å². The van der Waals surface area contributed by atoms with Crippen molar-refractivity contribution in [2.75, 3.05) is 0 Å². The summed E-state index contributed by atoms with van der Waals surface area (Å²) in [6, 6.07) is 83.6. The number of hydrogen-bond donors (Lipinski definition) is 0. The highest BCUT2D eigenvalue weighted by atomic mass is 14.3.